The molecule has 0 bridgehead atoms. The lowest BCUT2D eigenvalue weighted by Gasteiger charge is -2.17. The molecule has 32 heavy (non-hydrogen) atoms. The molecule has 0 saturated carbocycles. The number of nitrogen functional groups attached to an aromatic ring is 1. The Kier molecular flexibility index (Phi) is 4.75. The van der Waals surface area contributed by atoms with Crippen LogP contribution >= 0.6 is 0 Å². The highest BCUT2D eigenvalue weighted by Crippen LogP contribution is 2.31. The van der Waals surface area contributed by atoms with Crippen LogP contribution in [-0.4, -0.2) is 50.4 Å². The molecule has 0 unspecified atom stereocenters. The Morgan fingerprint density at radius 3 is 2.88 bits per heavy atom. The monoisotopic (exact) mass is 427 g/mol. The lowest BCUT2D eigenvalue weighted by Crippen LogP contribution is -2.29. The molecule has 1 aliphatic rings. The summed E-state index contributed by atoms with van der Waals surface area (Å²) in [4.78, 5) is 14.7. The topological polar surface area (TPSA) is 114 Å². The molecular weight excluding hydrogens is 406 g/mol. The summed E-state index contributed by atoms with van der Waals surface area (Å²) in [5, 5.41) is 18.1. The van der Waals surface area contributed by atoms with E-state index in [1.54, 1.807) is 42.1 Å². The third-order valence-electron chi connectivity index (χ3n) is 5.81. The van der Waals surface area contributed by atoms with E-state index in [-0.39, 0.29) is 11.9 Å². The highest BCUT2D eigenvalue weighted by Gasteiger charge is 2.29. The number of amides is 1. The fourth-order valence-corrected chi connectivity index (χ4v) is 4.16. The van der Waals surface area contributed by atoms with E-state index in [1.807, 2.05) is 28.0 Å². The SMILES string of the molecule is COc1cc(-c2cnn([C@H]3CCN(C(=O)c4cccc(N)c4)C3)c2)cn2ncc(C#N)c12. The number of methoxy groups -OCH3 is 1. The number of nitrogens with zero attached hydrogens (tertiary/aromatic N) is 6. The van der Waals surface area contributed by atoms with Crippen molar-refractivity contribution in [1.29, 1.82) is 5.26 Å². The van der Waals surface area contributed by atoms with E-state index < -0.39 is 0 Å². The van der Waals surface area contributed by atoms with E-state index >= 15 is 0 Å². The van der Waals surface area contributed by atoms with Crippen molar-refractivity contribution in [3.05, 3.63) is 66.2 Å². The molecular formula is C23H21N7O2. The maximum atomic E-state index is 12.8. The summed E-state index contributed by atoms with van der Waals surface area (Å²) in [6, 6.07) is 11.2. The van der Waals surface area contributed by atoms with Gasteiger partial charge < -0.3 is 15.4 Å². The van der Waals surface area contributed by atoms with Crippen LogP contribution < -0.4 is 10.5 Å². The predicted molar refractivity (Wildman–Crippen MR) is 118 cm³/mol. The number of nitrogens with two attached hydrogens (primary N) is 1. The Bertz CT molecular complexity index is 1360. The number of fused-ring (bicyclic) bond motifs is 1. The molecule has 4 aromatic rings. The maximum Gasteiger partial charge on any atom is 0.254 e. The van der Waals surface area contributed by atoms with Crippen LogP contribution in [0.2, 0.25) is 0 Å². The third-order valence-corrected chi connectivity index (χ3v) is 5.81. The summed E-state index contributed by atoms with van der Waals surface area (Å²) in [5.41, 5.74) is 9.87. The fraction of sp³-hybridized carbons (Fsp3) is 0.217. The van der Waals surface area contributed by atoms with Crippen LogP contribution in [0.4, 0.5) is 5.69 Å². The molecule has 4 heterocycles. The zero-order valence-electron chi connectivity index (χ0n) is 17.5. The van der Waals surface area contributed by atoms with E-state index in [0.29, 0.717) is 41.2 Å². The number of nitriles is 1. The van der Waals surface area contributed by atoms with Gasteiger partial charge in [0.2, 0.25) is 0 Å². The fourth-order valence-electron chi connectivity index (χ4n) is 4.16. The van der Waals surface area contributed by atoms with Crippen LogP contribution in [0.5, 0.6) is 5.75 Å². The van der Waals surface area contributed by atoms with E-state index in [4.69, 9.17) is 10.5 Å². The second-order valence-corrected chi connectivity index (χ2v) is 7.79. The Hall–Kier alpha value is -4.32. The number of benzene rings is 1. The summed E-state index contributed by atoms with van der Waals surface area (Å²) in [5.74, 6) is 0.554. The highest BCUT2D eigenvalue weighted by molar-refractivity contribution is 5.95. The van der Waals surface area contributed by atoms with Gasteiger partial charge >= 0.3 is 0 Å². The van der Waals surface area contributed by atoms with Crippen molar-refractivity contribution in [1.82, 2.24) is 24.3 Å². The minimum absolute atomic E-state index is 0.0191. The number of anilines is 1. The second-order valence-electron chi connectivity index (χ2n) is 7.79. The zero-order valence-corrected chi connectivity index (χ0v) is 17.5. The van der Waals surface area contributed by atoms with Crippen LogP contribution in [0, 0.1) is 11.3 Å². The molecule has 0 radical (unpaired) electrons. The first kappa shape index (κ1) is 19.6. The molecule has 0 spiro atoms. The number of likely N-dealkylation sites (tertiary alicyclic amines) is 1. The number of carbonyl (C=O) groups excluding carboxylic acids is 1. The standard InChI is InChI=1S/C23H21N7O2/c1-32-21-8-16(12-30-22(21)17(9-24)10-27-30)18-11-26-29(13-18)20-5-6-28(14-20)23(31)15-3-2-4-19(25)7-15/h2-4,7-8,10-13,20H,5-6,14,25H2,1H3/t20-/m0/s1. The normalized spacial score (nSPS) is 15.8. The molecule has 1 saturated heterocycles. The van der Waals surface area contributed by atoms with Gasteiger partial charge in [0.25, 0.3) is 5.91 Å². The number of hydrogen-bond acceptors (Lipinski definition) is 6. The number of hydrogen-bond donors (Lipinski definition) is 1. The summed E-state index contributed by atoms with van der Waals surface area (Å²) < 4.78 is 9.05. The number of pyridine rings is 1. The summed E-state index contributed by atoms with van der Waals surface area (Å²) >= 11 is 0. The molecule has 1 atom stereocenters. The number of carbonyl (C=O) groups is 1. The first-order chi connectivity index (χ1) is 15.6. The van der Waals surface area contributed by atoms with Gasteiger partial charge in [-0.05, 0) is 30.7 Å². The smallest absolute Gasteiger partial charge is 0.254 e. The van der Waals surface area contributed by atoms with Crippen molar-refractivity contribution in [2.75, 3.05) is 25.9 Å². The van der Waals surface area contributed by atoms with E-state index in [0.717, 1.165) is 17.5 Å². The summed E-state index contributed by atoms with van der Waals surface area (Å²) in [6.07, 6.45) is 7.95. The molecule has 160 valence electrons. The van der Waals surface area contributed by atoms with E-state index in [9.17, 15) is 10.1 Å². The van der Waals surface area contributed by atoms with E-state index in [2.05, 4.69) is 16.3 Å². The van der Waals surface area contributed by atoms with Crippen molar-refractivity contribution in [3.63, 3.8) is 0 Å². The Balaban J connectivity index is 1.38. The van der Waals surface area contributed by atoms with Gasteiger partial charge in [-0.25, -0.2) is 4.52 Å². The maximum absolute atomic E-state index is 12.8. The summed E-state index contributed by atoms with van der Waals surface area (Å²) in [6.45, 7) is 1.25. The van der Waals surface area contributed by atoms with Crippen molar-refractivity contribution < 1.29 is 9.53 Å². The van der Waals surface area contributed by atoms with Crippen molar-refractivity contribution in [2.24, 2.45) is 0 Å². The van der Waals surface area contributed by atoms with Gasteiger partial charge in [-0.2, -0.15) is 15.5 Å². The van der Waals surface area contributed by atoms with Crippen LogP contribution in [0.3, 0.4) is 0 Å². The Morgan fingerprint density at radius 1 is 1.22 bits per heavy atom. The quantitative estimate of drug-likeness (QED) is 0.501. The molecule has 9 heteroatoms. The third kappa shape index (κ3) is 3.32. The van der Waals surface area contributed by atoms with E-state index in [1.165, 1.54) is 6.20 Å². The average Bonchev–Trinajstić information content (AvgIpc) is 3.56. The molecule has 1 aliphatic heterocycles. The van der Waals surface area contributed by atoms with Gasteiger partial charge in [0.05, 0.1) is 25.5 Å². The average molecular weight is 427 g/mol. The van der Waals surface area contributed by atoms with Crippen LogP contribution in [0.25, 0.3) is 16.6 Å². The first-order valence-electron chi connectivity index (χ1n) is 10.2. The van der Waals surface area contributed by atoms with Gasteiger partial charge in [0.15, 0.2) is 0 Å². The number of ether oxygens (including phenoxy) is 1. The van der Waals surface area contributed by atoms with Gasteiger partial charge in [-0.15, -0.1) is 0 Å². The summed E-state index contributed by atoms with van der Waals surface area (Å²) in [7, 11) is 1.57. The predicted octanol–water partition coefficient (Wildman–Crippen LogP) is 2.75. The van der Waals surface area contributed by atoms with Gasteiger partial charge in [0.1, 0.15) is 22.9 Å². The van der Waals surface area contributed by atoms with Crippen molar-refractivity contribution in [2.45, 2.75) is 12.5 Å². The molecule has 1 amide bonds. The molecule has 3 aromatic heterocycles. The first-order valence-corrected chi connectivity index (χ1v) is 10.2. The highest BCUT2D eigenvalue weighted by atomic mass is 16.5. The molecule has 2 N–H and O–H groups in total. The Morgan fingerprint density at radius 2 is 2.09 bits per heavy atom. The number of aromatic nitrogens is 4. The molecule has 5 rings (SSSR count). The van der Waals surface area contributed by atoms with Gasteiger partial charge in [-0.1, -0.05) is 6.07 Å². The Labute approximate surface area is 184 Å². The second kappa shape index (κ2) is 7.74. The number of rotatable bonds is 4. The molecule has 0 aliphatic carbocycles. The van der Waals surface area contributed by atoms with Crippen LogP contribution in [0.1, 0.15) is 28.4 Å². The van der Waals surface area contributed by atoms with Crippen molar-refractivity contribution in [3.8, 4) is 22.9 Å². The van der Waals surface area contributed by atoms with Gasteiger partial charge in [-0.3, -0.25) is 9.48 Å². The zero-order chi connectivity index (χ0) is 22.2. The van der Waals surface area contributed by atoms with Crippen LogP contribution in [-0.2, 0) is 0 Å². The molecule has 1 fully saturated rings. The molecule has 9 nitrogen and oxygen atoms in total. The van der Waals surface area contributed by atoms with Gasteiger partial charge in [0, 0.05) is 47.9 Å². The van der Waals surface area contributed by atoms with Crippen LogP contribution in [0.15, 0.2) is 55.1 Å². The molecule has 1 aromatic carbocycles. The minimum Gasteiger partial charge on any atom is -0.494 e. The lowest BCUT2D eigenvalue weighted by molar-refractivity contribution is 0.0787. The lowest BCUT2D eigenvalue weighted by atomic mass is 10.1. The van der Waals surface area contributed by atoms with Crippen molar-refractivity contribution >= 4 is 17.1 Å². The largest absolute Gasteiger partial charge is 0.494 e. The minimum atomic E-state index is -0.0191.